The summed E-state index contributed by atoms with van der Waals surface area (Å²) in [6.45, 7) is 2.23. The van der Waals surface area contributed by atoms with E-state index in [1.54, 1.807) is 18.2 Å². The standard InChI is InChI=1S/C19H18N4/c20-13-15-5-4-6-16(14-21)19(15)22-17-7-9-18(10-8-17)23-11-2-1-3-12-23/h4-10,22H,1-3,11-12H2. The first-order chi connectivity index (χ1) is 11.3. The van der Waals surface area contributed by atoms with Crippen LogP contribution in [-0.2, 0) is 0 Å². The van der Waals surface area contributed by atoms with Gasteiger partial charge in [0.1, 0.15) is 12.1 Å². The van der Waals surface area contributed by atoms with Crippen molar-refractivity contribution in [3.8, 4) is 12.1 Å². The van der Waals surface area contributed by atoms with E-state index in [0.29, 0.717) is 16.8 Å². The average molecular weight is 302 g/mol. The molecule has 0 amide bonds. The quantitative estimate of drug-likeness (QED) is 0.924. The molecule has 2 aromatic carbocycles. The van der Waals surface area contributed by atoms with Crippen molar-refractivity contribution in [1.82, 2.24) is 0 Å². The Morgan fingerprint density at radius 2 is 1.43 bits per heavy atom. The van der Waals surface area contributed by atoms with Gasteiger partial charge in [0.05, 0.1) is 16.8 Å². The molecule has 0 aromatic heterocycles. The lowest BCUT2D eigenvalue weighted by Crippen LogP contribution is -2.29. The van der Waals surface area contributed by atoms with E-state index in [2.05, 4.69) is 34.5 Å². The molecule has 0 saturated carbocycles. The van der Waals surface area contributed by atoms with Gasteiger partial charge in [-0.05, 0) is 55.7 Å². The van der Waals surface area contributed by atoms with Gasteiger partial charge >= 0.3 is 0 Å². The summed E-state index contributed by atoms with van der Waals surface area (Å²) in [5.74, 6) is 0. The van der Waals surface area contributed by atoms with Crippen LogP contribution in [0.25, 0.3) is 0 Å². The van der Waals surface area contributed by atoms with Gasteiger partial charge in [0, 0.05) is 24.5 Å². The number of nitriles is 2. The number of rotatable bonds is 3. The SMILES string of the molecule is N#Cc1cccc(C#N)c1Nc1ccc(N2CCCCC2)cc1. The largest absolute Gasteiger partial charge is 0.372 e. The van der Waals surface area contributed by atoms with E-state index in [9.17, 15) is 10.5 Å². The van der Waals surface area contributed by atoms with Crippen molar-refractivity contribution in [2.24, 2.45) is 0 Å². The summed E-state index contributed by atoms with van der Waals surface area (Å²) in [5.41, 5.74) is 3.63. The van der Waals surface area contributed by atoms with E-state index in [1.165, 1.54) is 24.9 Å². The molecule has 1 N–H and O–H groups in total. The molecule has 1 saturated heterocycles. The van der Waals surface area contributed by atoms with Gasteiger partial charge in [-0.25, -0.2) is 0 Å². The van der Waals surface area contributed by atoms with Crippen LogP contribution in [0.15, 0.2) is 42.5 Å². The molecule has 1 aliphatic rings. The number of para-hydroxylation sites is 1. The van der Waals surface area contributed by atoms with Crippen LogP contribution in [0, 0.1) is 22.7 Å². The van der Waals surface area contributed by atoms with Crippen LogP contribution in [0.5, 0.6) is 0 Å². The molecule has 0 spiro atoms. The third-order valence-corrected chi connectivity index (χ3v) is 4.16. The molecule has 3 rings (SSSR count). The van der Waals surface area contributed by atoms with Crippen molar-refractivity contribution in [2.45, 2.75) is 19.3 Å². The predicted molar refractivity (Wildman–Crippen MR) is 91.7 cm³/mol. The van der Waals surface area contributed by atoms with Gasteiger partial charge in [-0.2, -0.15) is 10.5 Å². The number of anilines is 3. The number of benzene rings is 2. The number of hydrogen-bond donors (Lipinski definition) is 1. The topological polar surface area (TPSA) is 62.9 Å². The molecule has 0 aliphatic carbocycles. The Balaban J connectivity index is 1.82. The van der Waals surface area contributed by atoms with E-state index in [0.717, 1.165) is 18.8 Å². The van der Waals surface area contributed by atoms with Crippen LogP contribution in [0.4, 0.5) is 17.1 Å². The Labute approximate surface area is 136 Å². The monoisotopic (exact) mass is 302 g/mol. The fraction of sp³-hybridized carbons (Fsp3) is 0.263. The van der Waals surface area contributed by atoms with Crippen LogP contribution >= 0.6 is 0 Å². The van der Waals surface area contributed by atoms with Crippen molar-refractivity contribution >= 4 is 17.1 Å². The number of hydrogen-bond acceptors (Lipinski definition) is 4. The van der Waals surface area contributed by atoms with Gasteiger partial charge in [-0.1, -0.05) is 6.07 Å². The summed E-state index contributed by atoms with van der Waals surface area (Å²) in [7, 11) is 0. The fourth-order valence-electron chi connectivity index (χ4n) is 2.93. The highest BCUT2D eigenvalue weighted by atomic mass is 15.1. The van der Waals surface area contributed by atoms with Gasteiger partial charge in [0.2, 0.25) is 0 Å². The molecule has 1 aliphatic heterocycles. The highest BCUT2D eigenvalue weighted by Gasteiger charge is 2.11. The number of nitrogens with zero attached hydrogens (tertiary/aromatic N) is 3. The van der Waals surface area contributed by atoms with E-state index >= 15 is 0 Å². The summed E-state index contributed by atoms with van der Waals surface area (Å²) in [4.78, 5) is 2.40. The number of piperidine rings is 1. The highest BCUT2D eigenvalue weighted by molar-refractivity contribution is 5.73. The minimum absolute atomic E-state index is 0.476. The molecule has 4 heteroatoms. The predicted octanol–water partition coefficient (Wildman–Crippen LogP) is 4.16. The Morgan fingerprint density at radius 1 is 0.826 bits per heavy atom. The molecule has 2 aromatic rings. The summed E-state index contributed by atoms with van der Waals surface area (Å²) in [6, 6.07) is 17.6. The van der Waals surface area contributed by atoms with E-state index in [1.807, 2.05) is 12.1 Å². The second-order valence-corrected chi connectivity index (χ2v) is 5.67. The van der Waals surface area contributed by atoms with Crippen LogP contribution in [-0.4, -0.2) is 13.1 Å². The summed E-state index contributed by atoms with van der Waals surface area (Å²) >= 11 is 0. The molecule has 1 fully saturated rings. The molecule has 0 atom stereocenters. The summed E-state index contributed by atoms with van der Waals surface area (Å²) < 4.78 is 0. The third-order valence-electron chi connectivity index (χ3n) is 4.16. The molecule has 0 unspecified atom stereocenters. The van der Waals surface area contributed by atoms with Gasteiger partial charge in [0.25, 0.3) is 0 Å². The average Bonchev–Trinajstić information content (AvgIpc) is 2.63. The lowest BCUT2D eigenvalue weighted by atomic mass is 10.1. The Kier molecular flexibility index (Phi) is 4.45. The molecule has 1 heterocycles. The van der Waals surface area contributed by atoms with E-state index < -0.39 is 0 Å². The number of nitrogens with one attached hydrogen (secondary N) is 1. The minimum Gasteiger partial charge on any atom is -0.372 e. The molecule has 114 valence electrons. The van der Waals surface area contributed by atoms with Crippen molar-refractivity contribution < 1.29 is 0 Å². The second kappa shape index (κ2) is 6.85. The Bertz CT molecular complexity index is 727. The third kappa shape index (κ3) is 3.27. The first-order valence-electron chi connectivity index (χ1n) is 7.87. The zero-order valence-corrected chi connectivity index (χ0v) is 12.9. The maximum absolute atomic E-state index is 9.22. The lowest BCUT2D eigenvalue weighted by molar-refractivity contribution is 0.578. The smallest absolute Gasteiger partial charge is 0.101 e. The van der Waals surface area contributed by atoms with Gasteiger partial charge in [-0.3, -0.25) is 0 Å². The van der Waals surface area contributed by atoms with Crippen molar-refractivity contribution in [1.29, 1.82) is 10.5 Å². The van der Waals surface area contributed by atoms with Crippen LogP contribution in [0.1, 0.15) is 30.4 Å². The van der Waals surface area contributed by atoms with E-state index in [-0.39, 0.29) is 0 Å². The Hall–Kier alpha value is -2.98. The van der Waals surface area contributed by atoms with Crippen LogP contribution in [0.3, 0.4) is 0 Å². The summed E-state index contributed by atoms with van der Waals surface area (Å²) in [5, 5.41) is 21.7. The lowest BCUT2D eigenvalue weighted by Gasteiger charge is -2.28. The van der Waals surface area contributed by atoms with Crippen LogP contribution in [0.2, 0.25) is 0 Å². The zero-order valence-electron chi connectivity index (χ0n) is 12.9. The first kappa shape index (κ1) is 14.9. The second-order valence-electron chi connectivity index (χ2n) is 5.67. The maximum atomic E-state index is 9.22. The highest BCUT2D eigenvalue weighted by Crippen LogP contribution is 2.27. The zero-order chi connectivity index (χ0) is 16.1. The summed E-state index contributed by atoms with van der Waals surface area (Å²) in [6.07, 6.45) is 3.82. The van der Waals surface area contributed by atoms with Gasteiger partial charge < -0.3 is 10.2 Å². The first-order valence-corrected chi connectivity index (χ1v) is 7.87. The van der Waals surface area contributed by atoms with Crippen LogP contribution < -0.4 is 10.2 Å². The molecule has 4 nitrogen and oxygen atoms in total. The normalized spacial score (nSPS) is 13.9. The van der Waals surface area contributed by atoms with Gasteiger partial charge in [0.15, 0.2) is 0 Å². The van der Waals surface area contributed by atoms with Crippen molar-refractivity contribution in [3.63, 3.8) is 0 Å². The molecule has 0 radical (unpaired) electrons. The fourth-order valence-corrected chi connectivity index (χ4v) is 2.93. The molecular weight excluding hydrogens is 284 g/mol. The maximum Gasteiger partial charge on any atom is 0.101 e. The van der Waals surface area contributed by atoms with Gasteiger partial charge in [-0.15, -0.1) is 0 Å². The molecular formula is C19H18N4. The van der Waals surface area contributed by atoms with Crippen molar-refractivity contribution in [3.05, 3.63) is 53.6 Å². The Morgan fingerprint density at radius 3 is 2.00 bits per heavy atom. The van der Waals surface area contributed by atoms with Crippen molar-refractivity contribution in [2.75, 3.05) is 23.3 Å². The minimum atomic E-state index is 0.476. The molecule has 23 heavy (non-hydrogen) atoms. The van der Waals surface area contributed by atoms with E-state index in [4.69, 9.17) is 0 Å². The molecule has 0 bridgehead atoms.